The maximum atomic E-state index is 9.60. The molecule has 0 saturated heterocycles. The number of aliphatic hydroxyl groups excluding tert-OH is 4. The van der Waals surface area contributed by atoms with Gasteiger partial charge in [0.25, 0.3) is 0 Å². The Hall–Kier alpha value is -1.94. The van der Waals surface area contributed by atoms with Gasteiger partial charge in [-0.25, -0.2) is 9.59 Å². The molecule has 0 spiro atoms. The van der Waals surface area contributed by atoms with E-state index in [1.807, 2.05) is 0 Å². The molecule has 0 unspecified atom stereocenters. The number of hydrogen-bond acceptors (Lipinski definition) is 11. The Morgan fingerprint density at radius 2 is 0.629 bits per heavy atom. The quantitative estimate of drug-likeness (QED) is 0.0932. The number of hydrogen-bond donors (Lipinski definition) is 6. The van der Waals surface area contributed by atoms with Crippen LogP contribution in [-0.4, -0.2) is 135 Å². The Morgan fingerprint density at radius 1 is 0.486 bits per heavy atom. The van der Waals surface area contributed by atoms with Gasteiger partial charge in [-0.3, -0.25) is 0 Å². The van der Waals surface area contributed by atoms with Crippen LogP contribution < -0.4 is 0 Å². The van der Waals surface area contributed by atoms with E-state index in [0.29, 0.717) is 66.1 Å². The molecule has 13 nitrogen and oxygen atoms in total. The number of ether oxygens (including phenoxy) is 5. The van der Waals surface area contributed by atoms with Crippen LogP contribution in [0.1, 0.15) is 13.8 Å². The first kappa shape index (κ1) is 40.2. The number of carbonyl (C=O) groups is 2. The molecule has 0 heterocycles. The van der Waals surface area contributed by atoms with Gasteiger partial charge in [0.05, 0.1) is 92.5 Å². The minimum atomic E-state index is -0.935. The number of aliphatic carboxylic acids is 2. The van der Waals surface area contributed by atoms with E-state index >= 15 is 0 Å². The van der Waals surface area contributed by atoms with Crippen LogP contribution in [0.4, 0.5) is 0 Å². The van der Waals surface area contributed by atoms with Gasteiger partial charge in [-0.2, -0.15) is 0 Å². The Morgan fingerprint density at radius 3 is 0.743 bits per heavy atom. The lowest BCUT2D eigenvalue weighted by atomic mass is 10.4. The van der Waals surface area contributed by atoms with Crippen LogP contribution in [-0.2, 0) is 33.3 Å². The van der Waals surface area contributed by atoms with Crippen molar-refractivity contribution >= 4 is 11.9 Å². The topological polar surface area (TPSA) is 202 Å². The highest BCUT2D eigenvalue weighted by atomic mass is 16.5. The molecule has 6 N–H and O–H groups in total. The molecule has 0 rings (SSSR count). The molecule has 35 heavy (non-hydrogen) atoms. The molecule has 0 radical (unpaired) electrons. The van der Waals surface area contributed by atoms with Crippen LogP contribution >= 0.6 is 0 Å². The monoisotopic (exact) mass is 516 g/mol. The first-order valence-electron chi connectivity index (χ1n) is 10.7. The number of rotatable bonds is 19. The predicted molar refractivity (Wildman–Crippen MR) is 127 cm³/mol. The van der Waals surface area contributed by atoms with E-state index < -0.39 is 11.9 Å². The van der Waals surface area contributed by atoms with Crippen LogP contribution in [0.3, 0.4) is 0 Å². The fourth-order valence-corrected chi connectivity index (χ4v) is 1.12. The third-order valence-electron chi connectivity index (χ3n) is 2.79. The van der Waals surface area contributed by atoms with E-state index in [-0.39, 0.29) is 37.6 Å². The summed E-state index contributed by atoms with van der Waals surface area (Å²) in [6, 6.07) is 0. The van der Waals surface area contributed by atoms with Crippen molar-refractivity contribution in [2.24, 2.45) is 0 Å². The van der Waals surface area contributed by atoms with E-state index in [2.05, 4.69) is 13.2 Å². The van der Waals surface area contributed by atoms with Gasteiger partial charge < -0.3 is 54.3 Å². The molecular weight excluding hydrogens is 472 g/mol. The van der Waals surface area contributed by atoms with Crippen molar-refractivity contribution in [3.8, 4) is 0 Å². The molecular formula is C22H44O13. The highest BCUT2D eigenvalue weighted by Crippen LogP contribution is 1.82. The summed E-state index contributed by atoms with van der Waals surface area (Å²) in [5.41, 5.74) is 0.352. The van der Waals surface area contributed by atoms with E-state index in [4.69, 9.17) is 54.3 Å². The Balaban J connectivity index is -0.000000194. The van der Waals surface area contributed by atoms with E-state index in [0.717, 1.165) is 0 Å². The lowest BCUT2D eigenvalue weighted by molar-refractivity contribution is -0.133. The fraction of sp³-hybridized carbons (Fsp3) is 0.727. The Labute approximate surface area is 207 Å². The minimum absolute atomic E-state index is 0.0413. The van der Waals surface area contributed by atoms with Crippen LogP contribution in [0.15, 0.2) is 24.3 Å². The molecule has 0 aliphatic rings. The SMILES string of the molecule is C=C(C)C(=O)O.C=C(C)C(=O)O.OCCOCCOCCO.OCCOCCOCCOCCO. The molecule has 0 aromatic rings. The predicted octanol–water partition coefficient (Wildman–Crippen LogP) is -0.681. The van der Waals surface area contributed by atoms with Crippen molar-refractivity contribution in [2.45, 2.75) is 13.8 Å². The van der Waals surface area contributed by atoms with E-state index in [1.165, 1.54) is 13.8 Å². The zero-order chi connectivity index (χ0) is 27.7. The van der Waals surface area contributed by atoms with Crippen molar-refractivity contribution in [3.05, 3.63) is 24.3 Å². The summed E-state index contributed by atoms with van der Waals surface area (Å²) in [6.07, 6.45) is 0. The third kappa shape index (κ3) is 54.5. The van der Waals surface area contributed by atoms with Gasteiger partial charge in [0, 0.05) is 11.1 Å². The molecule has 210 valence electrons. The maximum absolute atomic E-state index is 9.60. The second-order valence-electron chi connectivity index (χ2n) is 6.13. The van der Waals surface area contributed by atoms with Crippen molar-refractivity contribution in [1.82, 2.24) is 0 Å². The summed E-state index contributed by atoms with van der Waals surface area (Å²) < 4.78 is 24.8. The summed E-state index contributed by atoms with van der Waals surface area (Å²) in [4.78, 5) is 19.2. The van der Waals surface area contributed by atoms with Gasteiger partial charge in [0.15, 0.2) is 0 Å². The first-order valence-corrected chi connectivity index (χ1v) is 10.7. The molecule has 13 heteroatoms. The highest BCUT2D eigenvalue weighted by Gasteiger charge is 1.91. The summed E-state index contributed by atoms with van der Waals surface area (Å²) in [5.74, 6) is -1.87. The van der Waals surface area contributed by atoms with Gasteiger partial charge in [0.1, 0.15) is 0 Å². The lowest BCUT2D eigenvalue weighted by Crippen LogP contribution is -2.11. The van der Waals surface area contributed by atoms with Gasteiger partial charge in [-0.1, -0.05) is 13.2 Å². The van der Waals surface area contributed by atoms with E-state index in [1.54, 1.807) is 0 Å². The van der Waals surface area contributed by atoms with Crippen molar-refractivity contribution in [2.75, 3.05) is 92.5 Å². The molecule has 0 saturated carbocycles. The van der Waals surface area contributed by atoms with E-state index in [9.17, 15) is 9.59 Å². The van der Waals surface area contributed by atoms with Crippen LogP contribution in [0.2, 0.25) is 0 Å². The maximum Gasteiger partial charge on any atom is 0.330 e. The standard InChI is InChI=1S/C8H18O5.C6H14O4.2C4H6O2/c9-1-3-11-5-7-13-8-6-12-4-2-10;7-1-3-9-5-6-10-4-2-8;2*1-3(2)4(5)6/h9-10H,1-8H2;7-8H,1-6H2;2*1H2,2H3,(H,5,6). The molecule has 0 aliphatic heterocycles. The second kappa shape index (κ2) is 36.6. The zero-order valence-corrected chi connectivity index (χ0v) is 20.9. The van der Waals surface area contributed by atoms with Crippen LogP contribution in [0.5, 0.6) is 0 Å². The number of carboxylic acids is 2. The molecule has 0 amide bonds. The van der Waals surface area contributed by atoms with Crippen molar-refractivity contribution in [3.63, 3.8) is 0 Å². The largest absolute Gasteiger partial charge is 0.478 e. The lowest BCUT2D eigenvalue weighted by Gasteiger charge is -2.04. The normalized spacial score (nSPS) is 9.43. The molecule has 0 fully saturated rings. The number of aliphatic hydroxyl groups is 4. The average molecular weight is 517 g/mol. The Kier molecular flexibility index (Phi) is 42.1. The van der Waals surface area contributed by atoms with Crippen LogP contribution in [0.25, 0.3) is 0 Å². The van der Waals surface area contributed by atoms with Gasteiger partial charge in [-0.15, -0.1) is 0 Å². The van der Waals surface area contributed by atoms with Crippen LogP contribution in [0, 0.1) is 0 Å². The highest BCUT2D eigenvalue weighted by molar-refractivity contribution is 5.85. The minimum Gasteiger partial charge on any atom is -0.478 e. The second-order valence-corrected chi connectivity index (χ2v) is 6.13. The van der Waals surface area contributed by atoms with Gasteiger partial charge >= 0.3 is 11.9 Å². The molecule has 0 atom stereocenters. The Bertz CT molecular complexity index is 418. The summed E-state index contributed by atoms with van der Waals surface area (Å²) >= 11 is 0. The van der Waals surface area contributed by atoms with Gasteiger partial charge in [-0.05, 0) is 13.8 Å². The van der Waals surface area contributed by atoms with Crippen molar-refractivity contribution < 1.29 is 63.9 Å². The fourth-order valence-electron chi connectivity index (χ4n) is 1.12. The van der Waals surface area contributed by atoms with Gasteiger partial charge in [0.2, 0.25) is 0 Å². The summed E-state index contributed by atoms with van der Waals surface area (Å²) in [5, 5.41) is 49.0. The zero-order valence-electron chi connectivity index (χ0n) is 20.9. The molecule has 0 aromatic heterocycles. The molecule has 0 bridgehead atoms. The third-order valence-corrected chi connectivity index (χ3v) is 2.79. The smallest absolute Gasteiger partial charge is 0.330 e. The first-order chi connectivity index (χ1) is 16.6. The number of carboxylic acid groups (broad SMARTS) is 2. The average Bonchev–Trinajstić information content (AvgIpc) is 2.81. The summed E-state index contributed by atoms with van der Waals surface area (Å²) in [6.45, 7) is 13.7. The summed E-state index contributed by atoms with van der Waals surface area (Å²) in [7, 11) is 0. The molecule has 0 aliphatic carbocycles. The van der Waals surface area contributed by atoms with Crippen molar-refractivity contribution in [1.29, 1.82) is 0 Å². The molecule has 0 aromatic carbocycles.